The molecule has 8 atom stereocenters. The Hall–Kier alpha value is -2.09. The molecule has 0 amide bonds. The van der Waals surface area contributed by atoms with Crippen molar-refractivity contribution < 1.29 is 14.9 Å². The molecule has 6 heteroatoms. The molecule has 3 aliphatic carbocycles. The Morgan fingerprint density at radius 3 is 2.78 bits per heavy atom. The van der Waals surface area contributed by atoms with E-state index in [1.165, 1.54) is 22.1 Å². The first-order chi connectivity index (χ1) is 17.8. The van der Waals surface area contributed by atoms with Gasteiger partial charge in [0.1, 0.15) is 11.7 Å². The van der Waals surface area contributed by atoms with Gasteiger partial charge in [0.2, 0.25) is 0 Å². The summed E-state index contributed by atoms with van der Waals surface area (Å²) < 4.78 is 7.28. The average Bonchev–Trinajstić information content (AvgIpc) is 3.35. The normalized spacial score (nSPS) is 45.0. The number of allylic oxidation sites excluding steroid dienone is 1. The molecule has 4 N–H and O–H groups in total. The van der Waals surface area contributed by atoms with Crippen LogP contribution >= 0.6 is 0 Å². The molecule has 37 heavy (non-hydrogen) atoms. The number of nitrogens with two attached hydrogens (primary N) is 1. The molecule has 2 spiro atoms. The van der Waals surface area contributed by atoms with E-state index in [1.807, 2.05) is 18.5 Å². The van der Waals surface area contributed by atoms with Crippen LogP contribution in [0.3, 0.4) is 0 Å². The highest BCUT2D eigenvalue weighted by atomic mass is 16.5. The van der Waals surface area contributed by atoms with Crippen LogP contribution in [0.25, 0.3) is 10.8 Å². The number of hydrogen-bond donors (Lipinski definition) is 3. The van der Waals surface area contributed by atoms with Gasteiger partial charge in [-0.05, 0) is 78.2 Å². The predicted molar refractivity (Wildman–Crippen MR) is 142 cm³/mol. The Balaban J connectivity index is 1.18. The van der Waals surface area contributed by atoms with Crippen LogP contribution in [0.5, 0.6) is 0 Å². The zero-order valence-corrected chi connectivity index (χ0v) is 21.5. The number of ether oxygens (including phenoxy) is 1. The summed E-state index contributed by atoms with van der Waals surface area (Å²) >= 11 is 0. The summed E-state index contributed by atoms with van der Waals surface area (Å²) in [5.41, 5.74) is 8.70. The number of aromatic nitrogens is 1. The van der Waals surface area contributed by atoms with Crippen LogP contribution in [0.1, 0.15) is 56.9 Å². The SMILES string of the molecule is C[C@]12CC=C3C=C4CC[C@@H](N5CC(N)C5)[C@@H](O)[C@]45CCC3(O5)[C@@H]1C[C@@H](O)C2c1ccc2ccncc2c1. The minimum Gasteiger partial charge on any atom is -0.392 e. The molecule has 6 aliphatic rings. The minimum atomic E-state index is -0.601. The number of nitrogens with zero attached hydrogens (tertiary/aromatic N) is 2. The standard InChI is InChI=1S/C31H37N3O3/c1-29-8-6-22-13-21-4-5-24(34-16-23(32)17-34)28(36)31(21)10-9-30(22,37-31)26(29)14-25(35)27(29)19-3-2-18-7-11-33-15-20(18)12-19/h2-3,6-7,11-13,15,23-28,35-36H,4-5,8-10,14,16-17,32H2,1H3/t24-,25-,26-,27?,28-,29+,30?,31+/m1/s1. The van der Waals surface area contributed by atoms with Crippen LogP contribution in [0.4, 0.5) is 0 Å². The van der Waals surface area contributed by atoms with Crippen molar-refractivity contribution in [2.75, 3.05) is 13.1 Å². The molecule has 194 valence electrons. The summed E-state index contributed by atoms with van der Waals surface area (Å²) in [6.07, 6.45) is 12.9. The van der Waals surface area contributed by atoms with Gasteiger partial charge in [-0.15, -0.1) is 0 Å². The maximum Gasteiger partial charge on any atom is 0.118 e. The lowest BCUT2D eigenvalue weighted by atomic mass is 9.58. The predicted octanol–water partition coefficient (Wildman–Crippen LogP) is 3.43. The van der Waals surface area contributed by atoms with Gasteiger partial charge in [-0.2, -0.15) is 0 Å². The lowest BCUT2D eigenvalue weighted by Crippen LogP contribution is -2.68. The molecule has 2 bridgehead atoms. The Labute approximate surface area is 218 Å². The fraction of sp³-hybridized carbons (Fsp3) is 0.581. The Morgan fingerprint density at radius 1 is 1.11 bits per heavy atom. The zero-order chi connectivity index (χ0) is 25.2. The second-order valence-electron chi connectivity index (χ2n) is 13.0. The van der Waals surface area contributed by atoms with Crippen molar-refractivity contribution in [1.82, 2.24) is 9.88 Å². The summed E-state index contributed by atoms with van der Waals surface area (Å²) in [4.78, 5) is 6.68. The van der Waals surface area contributed by atoms with Crippen LogP contribution in [-0.4, -0.2) is 68.7 Å². The molecular formula is C31H37N3O3. The number of likely N-dealkylation sites (tertiary alicyclic amines) is 1. The van der Waals surface area contributed by atoms with E-state index in [4.69, 9.17) is 10.5 Å². The monoisotopic (exact) mass is 499 g/mol. The zero-order valence-electron chi connectivity index (χ0n) is 21.5. The summed E-state index contributed by atoms with van der Waals surface area (Å²) in [5, 5.41) is 25.7. The van der Waals surface area contributed by atoms with Crippen molar-refractivity contribution in [2.45, 2.75) is 86.9 Å². The molecule has 0 radical (unpaired) electrons. The van der Waals surface area contributed by atoms with E-state index >= 15 is 0 Å². The van der Waals surface area contributed by atoms with Gasteiger partial charge >= 0.3 is 0 Å². The first-order valence-electron chi connectivity index (χ1n) is 14.2. The van der Waals surface area contributed by atoms with Gasteiger partial charge in [-0.25, -0.2) is 0 Å². The highest BCUT2D eigenvalue weighted by molar-refractivity contribution is 5.82. The largest absolute Gasteiger partial charge is 0.392 e. The number of rotatable bonds is 2. The fourth-order valence-corrected chi connectivity index (χ4v) is 9.52. The fourth-order valence-electron chi connectivity index (χ4n) is 9.52. The van der Waals surface area contributed by atoms with Crippen molar-refractivity contribution in [3.63, 3.8) is 0 Å². The first-order valence-corrected chi connectivity index (χ1v) is 14.2. The van der Waals surface area contributed by atoms with E-state index in [0.29, 0.717) is 0 Å². The molecule has 2 unspecified atom stereocenters. The number of pyridine rings is 1. The Morgan fingerprint density at radius 2 is 1.95 bits per heavy atom. The molecule has 6 nitrogen and oxygen atoms in total. The first kappa shape index (κ1) is 22.9. The van der Waals surface area contributed by atoms with Crippen molar-refractivity contribution in [3.05, 3.63) is 65.5 Å². The van der Waals surface area contributed by atoms with Crippen LogP contribution in [0.15, 0.2) is 60.0 Å². The highest BCUT2D eigenvalue weighted by Crippen LogP contribution is 2.69. The van der Waals surface area contributed by atoms with Gasteiger partial charge < -0.3 is 20.7 Å². The summed E-state index contributed by atoms with van der Waals surface area (Å²) in [7, 11) is 0. The maximum atomic E-state index is 11.8. The average molecular weight is 500 g/mol. The molecule has 1 aromatic heterocycles. The van der Waals surface area contributed by atoms with E-state index < -0.39 is 23.4 Å². The van der Waals surface area contributed by atoms with Gasteiger partial charge in [0.05, 0.1) is 11.7 Å². The van der Waals surface area contributed by atoms with E-state index in [9.17, 15) is 10.2 Å². The topological polar surface area (TPSA) is 91.8 Å². The smallest absolute Gasteiger partial charge is 0.118 e. The van der Waals surface area contributed by atoms with Gasteiger partial charge in [-0.3, -0.25) is 9.88 Å². The van der Waals surface area contributed by atoms with Crippen LogP contribution in [-0.2, 0) is 4.74 Å². The molecule has 2 saturated carbocycles. The Kier molecular flexibility index (Phi) is 4.64. The third kappa shape index (κ3) is 2.86. The van der Waals surface area contributed by atoms with Crippen LogP contribution in [0, 0.1) is 11.3 Å². The molecule has 4 heterocycles. The summed E-state index contributed by atoms with van der Waals surface area (Å²) in [6.45, 7) is 4.09. The number of fused-ring (bicyclic) bond motifs is 2. The van der Waals surface area contributed by atoms with Gasteiger partial charge in [-0.1, -0.05) is 31.2 Å². The minimum absolute atomic E-state index is 0.0337. The van der Waals surface area contributed by atoms with Crippen molar-refractivity contribution in [2.24, 2.45) is 17.1 Å². The third-order valence-electron chi connectivity index (χ3n) is 11.3. The number of aliphatic hydroxyl groups is 2. The molecular weight excluding hydrogens is 462 g/mol. The van der Waals surface area contributed by atoms with Gasteiger partial charge in [0.25, 0.3) is 0 Å². The molecule has 3 aliphatic heterocycles. The highest BCUT2D eigenvalue weighted by Gasteiger charge is 2.70. The second-order valence-corrected chi connectivity index (χ2v) is 13.0. The third-order valence-corrected chi connectivity index (χ3v) is 11.3. The van der Waals surface area contributed by atoms with Crippen molar-refractivity contribution in [1.29, 1.82) is 0 Å². The molecule has 2 saturated heterocycles. The maximum absolute atomic E-state index is 11.8. The molecule has 1 aromatic carbocycles. The molecule has 2 aromatic rings. The quantitative estimate of drug-likeness (QED) is 0.587. The Bertz CT molecular complexity index is 1350. The van der Waals surface area contributed by atoms with Crippen LogP contribution in [0.2, 0.25) is 0 Å². The van der Waals surface area contributed by atoms with E-state index in [1.54, 1.807) is 0 Å². The van der Waals surface area contributed by atoms with Gasteiger partial charge in [0, 0.05) is 54.8 Å². The van der Waals surface area contributed by atoms with Crippen molar-refractivity contribution >= 4 is 10.8 Å². The molecule has 8 rings (SSSR count). The lowest BCUT2D eigenvalue weighted by Gasteiger charge is -2.57. The van der Waals surface area contributed by atoms with Crippen LogP contribution < -0.4 is 5.73 Å². The second kappa shape index (κ2) is 7.51. The van der Waals surface area contributed by atoms with E-state index in [0.717, 1.165) is 57.0 Å². The van der Waals surface area contributed by atoms with Crippen molar-refractivity contribution in [3.8, 4) is 0 Å². The molecule has 4 fully saturated rings. The summed E-state index contributed by atoms with van der Waals surface area (Å²) in [6, 6.07) is 8.96. The lowest BCUT2D eigenvalue weighted by molar-refractivity contribution is -0.190. The van der Waals surface area contributed by atoms with E-state index in [2.05, 4.69) is 47.2 Å². The number of hydrogen-bond acceptors (Lipinski definition) is 6. The number of benzene rings is 1. The summed E-state index contributed by atoms with van der Waals surface area (Å²) in [5.74, 6) is 0.234. The van der Waals surface area contributed by atoms with Gasteiger partial charge in [0.15, 0.2) is 0 Å². The van der Waals surface area contributed by atoms with E-state index in [-0.39, 0.29) is 29.3 Å². The number of aliphatic hydroxyl groups excluding tert-OH is 2.